The number of ether oxygens (including phenoxy) is 1. The number of amides is 3. The highest BCUT2D eigenvalue weighted by Gasteiger charge is 2.30. The Morgan fingerprint density at radius 3 is 2.53 bits per heavy atom. The average molecular weight is 403 g/mol. The zero-order valence-corrected chi connectivity index (χ0v) is 16.5. The highest BCUT2D eigenvalue weighted by atomic mass is 16.5. The van der Waals surface area contributed by atoms with Crippen LogP contribution in [0.25, 0.3) is 0 Å². The first-order valence-corrected chi connectivity index (χ1v) is 9.52. The first-order valence-electron chi connectivity index (χ1n) is 9.52. The van der Waals surface area contributed by atoms with Gasteiger partial charge in [-0.3, -0.25) is 9.69 Å². The number of nitrogens with one attached hydrogen (secondary N) is 1. The van der Waals surface area contributed by atoms with Crippen molar-refractivity contribution in [1.82, 2.24) is 14.9 Å². The molecule has 1 fully saturated rings. The van der Waals surface area contributed by atoms with E-state index < -0.39 is 0 Å². The highest BCUT2D eigenvalue weighted by molar-refractivity contribution is 6.04. The SMILES string of the molecule is COc1ccc(C(=O)Nc2ccc(N3CCN(Cc4ccccc4)C3=O)nc2)cn1. The van der Waals surface area contributed by atoms with Gasteiger partial charge in [-0.2, -0.15) is 0 Å². The number of rotatable bonds is 6. The Morgan fingerprint density at radius 1 is 1.03 bits per heavy atom. The van der Waals surface area contributed by atoms with Gasteiger partial charge in [-0.25, -0.2) is 14.8 Å². The molecule has 8 nitrogen and oxygen atoms in total. The van der Waals surface area contributed by atoms with Crippen LogP contribution in [0.15, 0.2) is 67.0 Å². The van der Waals surface area contributed by atoms with Crippen molar-refractivity contribution in [1.29, 1.82) is 0 Å². The summed E-state index contributed by atoms with van der Waals surface area (Å²) in [5.74, 6) is 0.694. The molecule has 0 saturated carbocycles. The Balaban J connectivity index is 1.38. The number of methoxy groups -OCH3 is 1. The van der Waals surface area contributed by atoms with Gasteiger partial charge >= 0.3 is 6.03 Å². The summed E-state index contributed by atoms with van der Waals surface area (Å²) < 4.78 is 4.99. The fraction of sp³-hybridized carbons (Fsp3) is 0.182. The summed E-state index contributed by atoms with van der Waals surface area (Å²) in [4.78, 5) is 36.9. The molecule has 8 heteroatoms. The van der Waals surface area contributed by atoms with Crippen molar-refractivity contribution in [3.05, 3.63) is 78.1 Å². The predicted molar refractivity (Wildman–Crippen MR) is 113 cm³/mol. The summed E-state index contributed by atoms with van der Waals surface area (Å²) in [6.45, 7) is 1.78. The van der Waals surface area contributed by atoms with Crippen LogP contribution in [-0.2, 0) is 6.54 Å². The van der Waals surface area contributed by atoms with Crippen molar-refractivity contribution < 1.29 is 14.3 Å². The van der Waals surface area contributed by atoms with E-state index in [1.807, 2.05) is 30.3 Å². The number of aromatic nitrogens is 2. The lowest BCUT2D eigenvalue weighted by atomic mass is 10.2. The van der Waals surface area contributed by atoms with Crippen LogP contribution in [0.5, 0.6) is 5.88 Å². The molecule has 1 aliphatic rings. The van der Waals surface area contributed by atoms with Gasteiger partial charge in [-0.1, -0.05) is 30.3 Å². The maximum atomic E-state index is 12.7. The van der Waals surface area contributed by atoms with Gasteiger partial charge in [0.25, 0.3) is 5.91 Å². The van der Waals surface area contributed by atoms with E-state index in [9.17, 15) is 9.59 Å². The third-order valence-corrected chi connectivity index (χ3v) is 4.80. The number of hydrogen-bond acceptors (Lipinski definition) is 5. The zero-order valence-electron chi connectivity index (χ0n) is 16.5. The highest BCUT2D eigenvalue weighted by Crippen LogP contribution is 2.21. The Bertz CT molecular complexity index is 1020. The van der Waals surface area contributed by atoms with Crippen molar-refractivity contribution in [3.63, 3.8) is 0 Å². The van der Waals surface area contributed by atoms with E-state index in [1.54, 1.807) is 34.1 Å². The van der Waals surface area contributed by atoms with E-state index >= 15 is 0 Å². The van der Waals surface area contributed by atoms with E-state index in [0.29, 0.717) is 42.6 Å². The van der Waals surface area contributed by atoms with Crippen LogP contribution >= 0.6 is 0 Å². The molecule has 0 spiro atoms. The molecule has 1 aliphatic heterocycles. The summed E-state index contributed by atoms with van der Waals surface area (Å²) >= 11 is 0. The van der Waals surface area contributed by atoms with E-state index in [0.717, 1.165) is 5.56 Å². The molecule has 1 N–H and O–H groups in total. The number of anilines is 2. The zero-order chi connectivity index (χ0) is 20.9. The Kier molecular flexibility index (Phi) is 5.56. The minimum atomic E-state index is -0.300. The third-order valence-electron chi connectivity index (χ3n) is 4.80. The van der Waals surface area contributed by atoms with Crippen molar-refractivity contribution in [2.75, 3.05) is 30.4 Å². The van der Waals surface area contributed by atoms with Crippen LogP contribution in [0.3, 0.4) is 0 Å². The standard InChI is InChI=1S/C22H21N5O3/c1-30-20-10-7-17(13-24-20)21(28)25-18-8-9-19(23-14-18)27-12-11-26(22(27)29)15-16-5-3-2-4-6-16/h2-10,13-14H,11-12,15H2,1H3,(H,25,28). The van der Waals surface area contributed by atoms with Gasteiger partial charge in [-0.05, 0) is 23.8 Å². The molecular weight excluding hydrogens is 382 g/mol. The molecule has 4 rings (SSSR count). The Labute approximate surface area is 174 Å². The number of benzene rings is 1. The van der Waals surface area contributed by atoms with Crippen LogP contribution in [0.2, 0.25) is 0 Å². The number of nitrogens with zero attached hydrogens (tertiary/aromatic N) is 4. The van der Waals surface area contributed by atoms with E-state index in [2.05, 4.69) is 15.3 Å². The van der Waals surface area contributed by atoms with Crippen LogP contribution in [0.1, 0.15) is 15.9 Å². The molecule has 152 valence electrons. The van der Waals surface area contributed by atoms with Crippen molar-refractivity contribution in [2.45, 2.75) is 6.54 Å². The molecule has 0 aliphatic carbocycles. The van der Waals surface area contributed by atoms with Crippen molar-refractivity contribution in [2.24, 2.45) is 0 Å². The summed E-state index contributed by atoms with van der Waals surface area (Å²) in [6.07, 6.45) is 2.98. The maximum absolute atomic E-state index is 12.7. The summed E-state index contributed by atoms with van der Waals surface area (Å²) in [7, 11) is 1.52. The second-order valence-corrected chi connectivity index (χ2v) is 6.79. The van der Waals surface area contributed by atoms with Crippen LogP contribution < -0.4 is 15.0 Å². The first-order chi connectivity index (χ1) is 14.6. The summed E-state index contributed by atoms with van der Waals surface area (Å²) in [5.41, 5.74) is 2.03. The quantitative estimate of drug-likeness (QED) is 0.683. The largest absolute Gasteiger partial charge is 0.481 e. The second kappa shape index (κ2) is 8.60. The van der Waals surface area contributed by atoms with Crippen molar-refractivity contribution in [3.8, 4) is 5.88 Å². The lowest BCUT2D eigenvalue weighted by molar-refractivity contribution is 0.102. The first kappa shape index (κ1) is 19.4. The normalized spacial score (nSPS) is 13.4. The minimum absolute atomic E-state index is 0.0764. The number of carbonyl (C=O) groups is 2. The average Bonchev–Trinajstić information content (AvgIpc) is 3.15. The van der Waals surface area contributed by atoms with Crippen molar-refractivity contribution >= 4 is 23.4 Å². The maximum Gasteiger partial charge on any atom is 0.326 e. The molecule has 0 radical (unpaired) electrons. The fourth-order valence-electron chi connectivity index (χ4n) is 3.20. The lowest BCUT2D eigenvalue weighted by Crippen LogP contribution is -2.31. The molecule has 0 bridgehead atoms. The molecule has 3 amide bonds. The topological polar surface area (TPSA) is 87.7 Å². The van der Waals surface area contributed by atoms with E-state index in [1.165, 1.54) is 19.5 Å². The number of hydrogen-bond donors (Lipinski definition) is 1. The molecular formula is C22H21N5O3. The molecule has 1 saturated heterocycles. The lowest BCUT2D eigenvalue weighted by Gasteiger charge is -2.18. The number of urea groups is 1. The fourth-order valence-corrected chi connectivity index (χ4v) is 3.20. The van der Waals surface area contributed by atoms with E-state index in [4.69, 9.17) is 4.74 Å². The van der Waals surface area contributed by atoms with Crippen LogP contribution in [-0.4, -0.2) is 47.0 Å². The third kappa shape index (κ3) is 4.22. The van der Waals surface area contributed by atoms with Gasteiger partial charge < -0.3 is 15.0 Å². The van der Waals surface area contributed by atoms with Gasteiger partial charge in [-0.15, -0.1) is 0 Å². The van der Waals surface area contributed by atoms with Gasteiger partial charge in [0.15, 0.2) is 0 Å². The summed E-state index contributed by atoms with van der Waals surface area (Å²) in [5, 5.41) is 2.77. The minimum Gasteiger partial charge on any atom is -0.481 e. The Morgan fingerprint density at radius 2 is 1.87 bits per heavy atom. The smallest absolute Gasteiger partial charge is 0.326 e. The molecule has 0 unspecified atom stereocenters. The molecule has 3 heterocycles. The Hall–Kier alpha value is -3.94. The molecule has 2 aromatic heterocycles. The van der Waals surface area contributed by atoms with E-state index in [-0.39, 0.29) is 11.9 Å². The molecule has 1 aromatic carbocycles. The molecule has 3 aromatic rings. The number of pyridine rings is 2. The van der Waals surface area contributed by atoms with Crippen LogP contribution in [0, 0.1) is 0 Å². The molecule has 0 atom stereocenters. The van der Waals surface area contributed by atoms with Gasteiger partial charge in [0.2, 0.25) is 5.88 Å². The van der Waals surface area contributed by atoms with Gasteiger partial charge in [0.1, 0.15) is 5.82 Å². The predicted octanol–water partition coefficient (Wildman–Crippen LogP) is 3.18. The summed E-state index contributed by atoms with van der Waals surface area (Å²) in [6, 6.07) is 16.5. The molecule has 30 heavy (non-hydrogen) atoms. The van der Waals surface area contributed by atoms with Gasteiger partial charge in [0, 0.05) is 31.9 Å². The van der Waals surface area contributed by atoms with Crippen LogP contribution in [0.4, 0.5) is 16.3 Å². The van der Waals surface area contributed by atoms with Gasteiger partial charge in [0.05, 0.1) is 24.6 Å². The number of carbonyl (C=O) groups excluding carboxylic acids is 2. The monoisotopic (exact) mass is 403 g/mol. The second-order valence-electron chi connectivity index (χ2n) is 6.79.